The number of nitrogens with zero attached hydrogens (tertiary/aromatic N) is 3. The van der Waals surface area contributed by atoms with Crippen molar-refractivity contribution in [2.45, 2.75) is 11.8 Å². The predicted molar refractivity (Wildman–Crippen MR) is 111 cm³/mol. The topological polar surface area (TPSA) is 114 Å². The van der Waals surface area contributed by atoms with E-state index in [1.165, 1.54) is 27.8 Å². The third-order valence-electron chi connectivity index (χ3n) is 4.05. The van der Waals surface area contributed by atoms with Crippen molar-refractivity contribution in [3.05, 3.63) is 49.1 Å². The second-order valence-corrected chi connectivity index (χ2v) is 10.3. The molecule has 150 valence electrons. The van der Waals surface area contributed by atoms with Gasteiger partial charge in [0, 0.05) is 19.2 Å². The molecule has 1 aliphatic heterocycles. The van der Waals surface area contributed by atoms with E-state index in [0.29, 0.717) is 18.9 Å². The Labute approximate surface area is 174 Å². The van der Waals surface area contributed by atoms with E-state index in [4.69, 9.17) is 4.74 Å². The van der Waals surface area contributed by atoms with Crippen LogP contribution in [0.2, 0.25) is 0 Å². The molecular formula is C16H17BrN4O5S2. The number of thiophene rings is 1. The van der Waals surface area contributed by atoms with Crippen molar-refractivity contribution < 1.29 is 18.1 Å². The second kappa shape index (κ2) is 8.66. The van der Waals surface area contributed by atoms with E-state index in [9.17, 15) is 18.5 Å². The smallest absolute Gasteiger partial charge is 0.295 e. The van der Waals surface area contributed by atoms with Crippen LogP contribution in [0.25, 0.3) is 0 Å². The maximum atomic E-state index is 12.7. The molecule has 1 saturated heterocycles. The van der Waals surface area contributed by atoms with Gasteiger partial charge in [0.15, 0.2) is 0 Å². The number of morpholine rings is 1. The number of anilines is 1. The number of nitro benzene ring substituents is 1. The van der Waals surface area contributed by atoms with Crippen LogP contribution in [0.4, 0.5) is 11.4 Å². The lowest BCUT2D eigenvalue weighted by atomic mass is 10.3. The normalized spacial score (nSPS) is 16.1. The van der Waals surface area contributed by atoms with Gasteiger partial charge in [0.05, 0.1) is 37.4 Å². The van der Waals surface area contributed by atoms with Gasteiger partial charge in [-0.1, -0.05) is 0 Å². The van der Waals surface area contributed by atoms with Crippen molar-refractivity contribution in [1.29, 1.82) is 0 Å². The molecule has 1 fully saturated rings. The van der Waals surface area contributed by atoms with E-state index < -0.39 is 14.9 Å². The summed E-state index contributed by atoms with van der Waals surface area (Å²) in [6, 6.07) is 7.51. The minimum atomic E-state index is -3.82. The molecule has 2 aromatic rings. The summed E-state index contributed by atoms with van der Waals surface area (Å²) in [6.07, 6.45) is 0. The number of halogens is 1. The van der Waals surface area contributed by atoms with Gasteiger partial charge in [0.1, 0.15) is 5.69 Å². The van der Waals surface area contributed by atoms with Crippen molar-refractivity contribution in [2.24, 2.45) is 5.10 Å². The summed E-state index contributed by atoms with van der Waals surface area (Å²) in [5, 5.41) is 15.7. The first-order valence-corrected chi connectivity index (χ1v) is 11.3. The number of ether oxygens (including phenoxy) is 1. The van der Waals surface area contributed by atoms with E-state index in [1.807, 2.05) is 12.1 Å². The first-order chi connectivity index (χ1) is 13.3. The molecule has 1 N–H and O–H groups in total. The largest absolute Gasteiger partial charge is 0.379 e. The molecule has 1 aromatic heterocycles. The fraction of sp³-hybridized carbons (Fsp3) is 0.312. The molecule has 0 aliphatic carbocycles. The van der Waals surface area contributed by atoms with Gasteiger partial charge < -0.3 is 4.74 Å². The molecule has 0 radical (unpaired) electrons. The highest BCUT2D eigenvalue weighted by molar-refractivity contribution is 9.11. The van der Waals surface area contributed by atoms with Crippen molar-refractivity contribution >= 4 is 54.4 Å². The fourth-order valence-corrected chi connectivity index (χ4v) is 5.32. The lowest BCUT2D eigenvalue weighted by Gasteiger charge is -2.26. The van der Waals surface area contributed by atoms with E-state index >= 15 is 0 Å². The highest BCUT2D eigenvalue weighted by atomic mass is 79.9. The summed E-state index contributed by atoms with van der Waals surface area (Å²) in [7, 11) is -3.82. The zero-order valence-electron chi connectivity index (χ0n) is 14.8. The number of rotatable bonds is 6. The van der Waals surface area contributed by atoms with Crippen molar-refractivity contribution in [2.75, 3.05) is 31.7 Å². The fourth-order valence-electron chi connectivity index (χ4n) is 2.56. The maximum Gasteiger partial charge on any atom is 0.295 e. The summed E-state index contributed by atoms with van der Waals surface area (Å²) in [5.74, 6) is 0. The van der Waals surface area contributed by atoms with Crippen LogP contribution < -0.4 is 5.43 Å². The molecule has 12 heteroatoms. The van der Waals surface area contributed by atoms with Crippen LogP contribution in [0.5, 0.6) is 0 Å². The first-order valence-electron chi connectivity index (χ1n) is 8.21. The van der Waals surface area contributed by atoms with Gasteiger partial charge in [-0.05, 0) is 47.1 Å². The average molecular weight is 489 g/mol. The monoisotopic (exact) mass is 488 g/mol. The van der Waals surface area contributed by atoms with Crippen LogP contribution in [0, 0.1) is 10.1 Å². The number of sulfonamides is 1. The van der Waals surface area contributed by atoms with E-state index in [1.54, 1.807) is 6.92 Å². The van der Waals surface area contributed by atoms with Gasteiger partial charge in [-0.15, -0.1) is 11.3 Å². The molecule has 1 aliphatic rings. The quantitative estimate of drug-likeness (QED) is 0.379. The second-order valence-electron chi connectivity index (χ2n) is 5.87. The molecule has 3 rings (SSSR count). The Bertz CT molecular complexity index is 1020. The summed E-state index contributed by atoms with van der Waals surface area (Å²) in [4.78, 5) is 11.6. The molecule has 0 atom stereocenters. The number of hydrogen-bond donors (Lipinski definition) is 1. The molecule has 2 heterocycles. The van der Waals surface area contributed by atoms with E-state index in [0.717, 1.165) is 14.7 Å². The van der Waals surface area contributed by atoms with Crippen LogP contribution in [0.3, 0.4) is 0 Å². The third kappa shape index (κ3) is 4.58. The van der Waals surface area contributed by atoms with Crippen LogP contribution in [0.15, 0.2) is 44.1 Å². The van der Waals surface area contributed by atoms with Crippen LogP contribution in [-0.4, -0.2) is 49.7 Å². The van der Waals surface area contributed by atoms with Gasteiger partial charge in [-0.2, -0.15) is 9.41 Å². The molecule has 0 unspecified atom stereocenters. The Morgan fingerprint density at radius 2 is 2.04 bits per heavy atom. The Morgan fingerprint density at radius 3 is 2.64 bits per heavy atom. The average Bonchev–Trinajstić information content (AvgIpc) is 3.13. The Balaban J connectivity index is 1.88. The molecule has 1 aromatic carbocycles. The lowest BCUT2D eigenvalue weighted by Crippen LogP contribution is -2.40. The highest BCUT2D eigenvalue weighted by Gasteiger charge is 2.28. The Morgan fingerprint density at radius 1 is 1.32 bits per heavy atom. The minimum absolute atomic E-state index is 0.112. The maximum absolute atomic E-state index is 12.7. The van der Waals surface area contributed by atoms with Gasteiger partial charge >= 0.3 is 0 Å². The predicted octanol–water partition coefficient (Wildman–Crippen LogP) is 3.28. The number of hydrogen-bond acceptors (Lipinski definition) is 8. The molecule has 0 bridgehead atoms. The molecule has 0 saturated carbocycles. The standard InChI is InChI=1S/C16H17BrN4O5S2/c1-11(15-4-5-16(17)27-15)18-19-13-3-2-12(10-14(13)21(22)23)28(24,25)20-6-8-26-9-7-20/h2-5,10,19H,6-9H2,1H3/b18-11-. The third-order valence-corrected chi connectivity index (χ3v) is 7.67. The SMILES string of the molecule is C/C(=N/Nc1ccc(S(=O)(=O)N2CCOCC2)cc1[N+](=O)[O-])c1ccc(Br)s1. The van der Waals surface area contributed by atoms with Crippen molar-refractivity contribution in [3.63, 3.8) is 0 Å². The Kier molecular flexibility index (Phi) is 6.45. The van der Waals surface area contributed by atoms with Crippen molar-refractivity contribution in [1.82, 2.24) is 4.31 Å². The highest BCUT2D eigenvalue weighted by Crippen LogP contribution is 2.30. The molecule has 0 amide bonds. The summed E-state index contributed by atoms with van der Waals surface area (Å²) >= 11 is 4.85. The van der Waals surface area contributed by atoms with Crippen LogP contribution >= 0.6 is 27.3 Å². The van der Waals surface area contributed by atoms with Crippen molar-refractivity contribution in [3.8, 4) is 0 Å². The van der Waals surface area contributed by atoms with Crippen LogP contribution in [-0.2, 0) is 14.8 Å². The van der Waals surface area contributed by atoms with E-state index in [-0.39, 0.29) is 29.4 Å². The molecular weight excluding hydrogens is 472 g/mol. The first kappa shape index (κ1) is 20.9. The number of benzene rings is 1. The lowest BCUT2D eigenvalue weighted by molar-refractivity contribution is -0.384. The summed E-state index contributed by atoms with van der Waals surface area (Å²) < 4.78 is 32.8. The van der Waals surface area contributed by atoms with Gasteiger partial charge in [0.2, 0.25) is 10.0 Å². The summed E-state index contributed by atoms with van der Waals surface area (Å²) in [6.45, 7) is 2.81. The molecule has 28 heavy (non-hydrogen) atoms. The zero-order chi connectivity index (χ0) is 20.3. The van der Waals surface area contributed by atoms with E-state index in [2.05, 4.69) is 26.5 Å². The number of nitrogens with one attached hydrogen (secondary N) is 1. The molecule has 9 nitrogen and oxygen atoms in total. The zero-order valence-corrected chi connectivity index (χ0v) is 18.0. The van der Waals surface area contributed by atoms with Gasteiger partial charge in [-0.3, -0.25) is 15.5 Å². The number of hydrazone groups is 1. The van der Waals surface area contributed by atoms with Gasteiger partial charge in [-0.25, -0.2) is 8.42 Å². The van der Waals surface area contributed by atoms with Gasteiger partial charge in [0.25, 0.3) is 5.69 Å². The summed E-state index contributed by atoms with van der Waals surface area (Å²) in [5.41, 5.74) is 3.07. The Hall–Kier alpha value is -1.86. The van der Waals surface area contributed by atoms with Crippen LogP contribution in [0.1, 0.15) is 11.8 Å². The number of nitro groups is 1. The molecule has 0 spiro atoms. The minimum Gasteiger partial charge on any atom is -0.379 e.